The summed E-state index contributed by atoms with van der Waals surface area (Å²) in [6.07, 6.45) is 18.7. The molecular formula is C42H54CaO10S2. The van der Waals surface area contributed by atoms with Gasteiger partial charge in [-0.1, -0.05) is 109 Å². The first-order chi connectivity index (χ1) is 25.8. The van der Waals surface area contributed by atoms with E-state index in [-0.39, 0.29) is 59.0 Å². The predicted octanol–water partition coefficient (Wildman–Crippen LogP) is 10.1. The molecule has 55 heavy (non-hydrogen) atoms. The van der Waals surface area contributed by atoms with Crippen molar-refractivity contribution >= 4 is 58.0 Å². The van der Waals surface area contributed by atoms with Gasteiger partial charge in [-0.3, -0.25) is 4.55 Å². The maximum atomic E-state index is 11.7. The number of aryl methyl sites for hydroxylation is 2. The van der Waals surface area contributed by atoms with E-state index in [1.165, 1.54) is 125 Å². The summed E-state index contributed by atoms with van der Waals surface area (Å²) in [6, 6.07) is 20.6. The van der Waals surface area contributed by atoms with Crippen LogP contribution in [-0.2, 0) is 33.1 Å². The predicted molar refractivity (Wildman–Crippen MR) is 214 cm³/mol. The van der Waals surface area contributed by atoms with E-state index < -0.39 is 20.2 Å². The van der Waals surface area contributed by atoms with Gasteiger partial charge in [0.2, 0.25) is 0 Å². The Kier molecular flexibility index (Phi) is 22.3. The van der Waals surface area contributed by atoms with Gasteiger partial charge in [-0.25, -0.2) is 8.42 Å². The number of aromatic hydroxyl groups is 1. The Labute approximate surface area is 357 Å². The zero-order chi connectivity index (χ0) is 39.4. The third kappa shape index (κ3) is 18.8. The summed E-state index contributed by atoms with van der Waals surface area (Å²) >= 11 is 0. The molecule has 2 N–H and O–H groups in total. The summed E-state index contributed by atoms with van der Waals surface area (Å²) in [5, 5.41) is 21.5. The van der Waals surface area contributed by atoms with Crippen molar-refractivity contribution in [1.29, 1.82) is 0 Å². The van der Waals surface area contributed by atoms with E-state index in [0.717, 1.165) is 49.7 Å². The summed E-state index contributed by atoms with van der Waals surface area (Å²) in [5.74, 6) is 1.82. The second-order valence-electron chi connectivity index (χ2n) is 13.4. The van der Waals surface area contributed by atoms with Gasteiger partial charge in [0.1, 0.15) is 38.9 Å². The van der Waals surface area contributed by atoms with Crippen LogP contribution in [-0.4, -0.2) is 68.8 Å². The normalized spacial score (nSPS) is 11.3. The number of ether oxygens (including phenoxy) is 2. The molecule has 4 rings (SSSR count). The summed E-state index contributed by atoms with van der Waals surface area (Å²) in [5.41, 5.74) is 1.95. The first kappa shape index (κ1) is 48.3. The fraction of sp³-hybridized carbons (Fsp3) is 0.429. The number of benzene rings is 4. The second kappa shape index (κ2) is 25.4. The number of phenolic OH excluding ortho intramolecular Hbond substituents is 1. The van der Waals surface area contributed by atoms with Crippen molar-refractivity contribution in [2.45, 2.75) is 126 Å². The van der Waals surface area contributed by atoms with Crippen LogP contribution in [0.5, 0.6) is 34.5 Å². The molecule has 0 fully saturated rings. The standard InChI is InChI=1S/2C21H28O5S.Ca/c2*1-2-3-4-5-6-7-8-9-17-10-11-18(22)16-21(17)26-19-12-14-20(15-13-19)27(23,24)25;/h2*10-16,22H,2-9H2,1H3,(H,23,24,25);/q;;+2/p-2. The van der Waals surface area contributed by atoms with Crippen molar-refractivity contribution in [2.24, 2.45) is 0 Å². The van der Waals surface area contributed by atoms with Crippen LogP contribution >= 0.6 is 0 Å². The van der Waals surface area contributed by atoms with E-state index in [1.54, 1.807) is 18.2 Å². The van der Waals surface area contributed by atoms with Crippen LogP contribution in [0.1, 0.15) is 115 Å². The van der Waals surface area contributed by atoms with E-state index in [0.29, 0.717) is 23.0 Å². The Morgan fingerprint density at radius 2 is 0.945 bits per heavy atom. The minimum absolute atomic E-state index is 0. The maximum absolute atomic E-state index is 11.7. The Morgan fingerprint density at radius 1 is 0.545 bits per heavy atom. The molecule has 4 aromatic rings. The molecule has 0 saturated carbocycles. The largest absolute Gasteiger partial charge is 2.00 e. The van der Waals surface area contributed by atoms with Gasteiger partial charge in [-0.2, -0.15) is 8.42 Å². The van der Waals surface area contributed by atoms with Gasteiger partial charge in [-0.05, 0) is 97.5 Å². The van der Waals surface area contributed by atoms with Crippen molar-refractivity contribution in [1.82, 2.24) is 0 Å². The molecule has 0 unspecified atom stereocenters. The van der Waals surface area contributed by atoms with E-state index in [4.69, 9.17) is 14.0 Å². The summed E-state index contributed by atoms with van der Waals surface area (Å²) in [4.78, 5) is -0.496. The van der Waals surface area contributed by atoms with Crippen molar-refractivity contribution in [3.05, 3.63) is 96.1 Å². The molecule has 0 aliphatic rings. The minimum atomic E-state index is -4.49. The SMILES string of the molecule is CCCCCCCCCc1ccc(O)cc1Oc1ccc(S(=O)(=O)O)cc1.CCCCCCCCCc1ccc([O-])cc1Oc1ccc(S(=O)(=O)[O-])cc1.[Ca+2]. The Morgan fingerprint density at radius 3 is 1.38 bits per heavy atom. The molecular weight excluding hydrogens is 769 g/mol. The van der Waals surface area contributed by atoms with Gasteiger partial charge in [-0.15, -0.1) is 5.75 Å². The minimum Gasteiger partial charge on any atom is -0.872 e. The molecule has 0 aliphatic heterocycles. The topological polar surface area (TPSA) is 173 Å². The molecule has 0 amide bonds. The van der Waals surface area contributed by atoms with Crippen LogP contribution in [0.15, 0.2) is 94.7 Å². The van der Waals surface area contributed by atoms with Gasteiger partial charge < -0.3 is 24.2 Å². The fourth-order valence-electron chi connectivity index (χ4n) is 5.83. The van der Waals surface area contributed by atoms with Crippen LogP contribution < -0.4 is 14.6 Å². The van der Waals surface area contributed by atoms with E-state index in [1.807, 2.05) is 6.07 Å². The quantitative estimate of drug-likeness (QED) is 0.0441. The molecule has 0 radical (unpaired) electrons. The summed E-state index contributed by atoms with van der Waals surface area (Å²) < 4.78 is 75.8. The molecule has 0 spiro atoms. The zero-order valence-electron chi connectivity index (χ0n) is 32.1. The number of unbranched alkanes of at least 4 members (excludes halogenated alkanes) is 12. The summed E-state index contributed by atoms with van der Waals surface area (Å²) in [7, 11) is -8.71. The van der Waals surface area contributed by atoms with Gasteiger partial charge >= 0.3 is 37.7 Å². The van der Waals surface area contributed by atoms with Crippen LogP contribution in [0.2, 0.25) is 0 Å². The van der Waals surface area contributed by atoms with Crippen molar-refractivity contribution in [2.75, 3.05) is 0 Å². The average Bonchev–Trinajstić information content (AvgIpc) is 3.12. The van der Waals surface area contributed by atoms with Crippen molar-refractivity contribution < 1.29 is 45.6 Å². The smallest absolute Gasteiger partial charge is 0.872 e. The molecule has 296 valence electrons. The molecule has 0 aliphatic carbocycles. The Bertz CT molecular complexity index is 1770. The van der Waals surface area contributed by atoms with Crippen molar-refractivity contribution in [3.63, 3.8) is 0 Å². The molecule has 0 bridgehead atoms. The molecule has 0 saturated heterocycles. The van der Waals surface area contributed by atoms with Crippen LogP contribution in [0.4, 0.5) is 0 Å². The Balaban J connectivity index is 0.000000373. The second-order valence-corrected chi connectivity index (χ2v) is 16.2. The third-order valence-corrected chi connectivity index (χ3v) is 10.6. The summed E-state index contributed by atoms with van der Waals surface area (Å²) in [6.45, 7) is 4.41. The van der Waals surface area contributed by atoms with Crippen LogP contribution in [0, 0.1) is 0 Å². The number of phenols is 1. The molecule has 4 aromatic carbocycles. The number of hydrogen-bond acceptors (Lipinski definition) is 9. The molecule has 10 nitrogen and oxygen atoms in total. The third-order valence-electron chi connectivity index (χ3n) is 8.88. The molecule has 0 heterocycles. The molecule has 0 atom stereocenters. The van der Waals surface area contributed by atoms with Gasteiger partial charge in [0.05, 0.1) is 9.79 Å². The van der Waals surface area contributed by atoms with Crippen molar-refractivity contribution in [3.8, 4) is 34.5 Å². The average molecular weight is 823 g/mol. The number of hydrogen-bond donors (Lipinski definition) is 2. The Hall–Kier alpha value is -2.84. The maximum Gasteiger partial charge on any atom is 2.00 e. The first-order valence-electron chi connectivity index (χ1n) is 18.9. The van der Waals surface area contributed by atoms with Crippen LogP contribution in [0.3, 0.4) is 0 Å². The monoisotopic (exact) mass is 822 g/mol. The zero-order valence-corrected chi connectivity index (χ0v) is 35.9. The van der Waals surface area contributed by atoms with Gasteiger partial charge in [0.15, 0.2) is 0 Å². The van der Waals surface area contributed by atoms with E-state index >= 15 is 0 Å². The first-order valence-corrected chi connectivity index (χ1v) is 21.8. The fourth-order valence-corrected chi connectivity index (χ4v) is 6.78. The van der Waals surface area contributed by atoms with E-state index in [2.05, 4.69) is 13.8 Å². The van der Waals surface area contributed by atoms with E-state index in [9.17, 15) is 31.6 Å². The molecule has 0 aromatic heterocycles. The number of rotatable bonds is 22. The van der Waals surface area contributed by atoms with Crippen LogP contribution in [0.25, 0.3) is 0 Å². The molecule has 13 heteroatoms. The van der Waals surface area contributed by atoms with Gasteiger partial charge in [0, 0.05) is 6.07 Å². The van der Waals surface area contributed by atoms with Gasteiger partial charge in [0.25, 0.3) is 10.1 Å².